The number of amides is 2. The van der Waals surface area contributed by atoms with Crippen molar-refractivity contribution in [2.75, 3.05) is 28.2 Å². The third-order valence-electron chi connectivity index (χ3n) is 5.93. The molecule has 1 fully saturated rings. The quantitative estimate of drug-likeness (QED) is 0.523. The number of pyridine rings is 3. The average Bonchev–Trinajstić information content (AvgIpc) is 3.42. The van der Waals surface area contributed by atoms with Crippen LogP contribution in [-0.2, 0) is 0 Å². The number of anilines is 3. The summed E-state index contributed by atoms with van der Waals surface area (Å²) in [4.78, 5) is 38.4. The van der Waals surface area contributed by atoms with Crippen molar-refractivity contribution in [3.05, 3.63) is 54.7 Å². The van der Waals surface area contributed by atoms with Crippen molar-refractivity contribution in [1.29, 1.82) is 0 Å². The van der Waals surface area contributed by atoms with Crippen molar-refractivity contribution >= 4 is 34.4 Å². The molecule has 9 heteroatoms. The van der Waals surface area contributed by atoms with Gasteiger partial charge >= 0.3 is 6.03 Å². The van der Waals surface area contributed by atoms with Gasteiger partial charge in [-0.2, -0.15) is 0 Å². The van der Waals surface area contributed by atoms with E-state index >= 15 is 0 Å². The first-order valence-electron chi connectivity index (χ1n) is 10.2. The maximum Gasteiger partial charge on any atom is 0.329 e. The van der Waals surface area contributed by atoms with E-state index < -0.39 is 0 Å². The van der Waals surface area contributed by atoms with Crippen LogP contribution in [-0.4, -0.2) is 50.1 Å². The summed E-state index contributed by atoms with van der Waals surface area (Å²) in [6, 6.07) is 9.65. The third-order valence-corrected chi connectivity index (χ3v) is 5.93. The second kappa shape index (κ2) is 6.76. The Morgan fingerprint density at radius 2 is 2.06 bits per heavy atom. The van der Waals surface area contributed by atoms with Crippen molar-refractivity contribution in [3.8, 4) is 11.3 Å². The zero-order valence-corrected chi connectivity index (χ0v) is 16.9. The number of urea groups is 1. The zero-order chi connectivity index (χ0) is 20.9. The number of aryl methyl sites for hydroxylation is 1. The van der Waals surface area contributed by atoms with Crippen molar-refractivity contribution in [2.24, 2.45) is 0 Å². The van der Waals surface area contributed by atoms with E-state index in [-0.39, 0.29) is 12.1 Å². The summed E-state index contributed by atoms with van der Waals surface area (Å²) in [5, 5.41) is 2.96. The summed E-state index contributed by atoms with van der Waals surface area (Å²) >= 11 is 0. The number of nitrogens with one attached hydrogen (secondary N) is 2. The molecular formula is C22H20N8O. The fourth-order valence-electron chi connectivity index (χ4n) is 4.46. The van der Waals surface area contributed by atoms with Crippen LogP contribution in [0.1, 0.15) is 12.1 Å². The Kier molecular flexibility index (Phi) is 3.89. The van der Waals surface area contributed by atoms with Crippen LogP contribution >= 0.6 is 0 Å². The molecule has 0 radical (unpaired) electrons. The van der Waals surface area contributed by atoms with Crippen LogP contribution in [0.3, 0.4) is 0 Å². The smallest absolute Gasteiger partial charge is 0.329 e. The normalized spacial score (nSPS) is 17.1. The lowest BCUT2D eigenvalue weighted by Gasteiger charge is -2.35. The fraction of sp³-hybridized carbons (Fsp3) is 0.227. The van der Waals surface area contributed by atoms with Crippen LogP contribution in [0.25, 0.3) is 22.3 Å². The Balaban J connectivity index is 1.41. The number of hydrogen-bond acceptors (Lipinski definition) is 6. The van der Waals surface area contributed by atoms with E-state index in [1.807, 2.05) is 31.2 Å². The summed E-state index contributed by atoms with van der Waals surface area (Å²) in [5.41, 5.74) is 5.15. The number of rotatable bonds is 2. The standard InChI is InChI=1S/C22H20N8O/c1-13-10-14(4-7-23-13)16-2-3-18-21(27-16)30(15-6-9-29(18)11-15)22(31)28-20-19-17(5-8-24-20)25-12-26-19/h2-5,7-8,10,12,15H,6,9,11H2,1H3,(H,25,26)(H,24,28,31)/t15-/m0/s1. The van der Waals surface area contributed by atoms with Crippen molar-refractivity contribution in [3.63, 3.8) is 0 Å². The van der Waals surface area contributed by atoms with Gasteiger partial charge in [-0.15, -0.1) is 0 Å². The summed E-state index contributed by atoms with van der Waals surface area (Å²) in [5.74, 6) is 1.11. The van der Waals surface area contributed by atoms with Gasteiger partial charge in [0.1, 0.15) is 5.52 Å². The highest BCUT2D eigenvalue weighted by atomic mass is 16.2. The lowest BCUT2D eigenvalue weighted by Crippen LogP contribution is -2.48. The Bertz CT molecular complexity index is 1320. The Morgan fingerprint density at radius 1 is 1.16 bits per heavy atom. The monoisotopic (exact) mass is 412 g/mol. The van der Waals surface area contributed by atoms with Gasteiger partial charge in [0, 0.05) is 36.7 Å². The molecule has 0 aromatic carbocycles. The molecule has 0 unspecified atom stereocenters. The lowest BCUT2D eigenvalue weighted by atomic mass is 10.1. The van der Waals surface area contributed by atoms with E-state index in [0.29, 0.717) is 17.2 Å². The Labute approximate surface area is 178 Å². The van der Waals surface area contributed by atoms with Crippen molar-refractivity contribution in [1.82, 2.24) is 24.9 Å². The highest BCUT2D eigenvalue weighted by molar-refractivity contribution is 6.07. The van der Waals surface area contributed by atoms with E-state index in [0.717, 1.165) is 47.7 Å². The first-order valence-corrected chi connectivity index (χ1v) is 10.2. The molecule has 6 rings (SSSR count). The summed E-state index contributed by atoms with van der Waals surface area (Å²) in [7, 11) is 0. The van der Waals surface area contributed by atoms with Gasteiger partial charge < -0.3 is 9.88 Å². The summed E-state index contributed by atoms with van der Waals surface area (Å²) in [6.45, 7) is 3.66. The Hall–Kier alpha value is -4.01. The van der Waals surface area contributed by atoms with E-state index in [1.165, 1.54) is 0 Å². The number of aromatic amines is 1. The average molecular weight is 412 g/mol. The Morgan fingerprint density at radius 3 is 2.97 bits per heavy atom. The number of aromatic nitrogens is 5. The predicted molar refractivity (Wildman–Crippen MR) is 118 cm³/mol. The predicted octanol–water partition coefficient (Wildman–Crippen LogP) is 3.35. The number of H-pyrrole nitrogens is 1. The van der Waals surface area contributed by atoms with Crippen LogP contribution in [0, 0.1) is 6.92 Å². The van der Waals surface area contributed by atoms with Gasteiger partial charge in [0.25, 0.3) is 0 Å². The number of hydrogen-bond donors (Lipinski definition) is 2. The molecule has 2 aliphatic heterocycles. The van der Waals surface area contributed by atoms with Gasteiger partial charge in [0.15, 0.2) is 11.6 Å². The van der Waals surface area contributed by atoms with Gasteiger partial charge in [-0.25, -0.2) is 19.7 Å². The van der Waals surface area contributed by atoms with Crippen molar-refractivity contribution < 1.29 is 4.79 Å². The molecule has 4 aromatic rings. The first kappa shape index (κ1) is 17.8. The number of nitrogens with zero attached hydrogens (tertiary/aromatic N) is 6. The van der Waals surface area contributed by atoms with Gasteiger partial charge in [-0.1, -0.05) is 0 Å². The minimum absolute atomic E-state index is 0.0628. The molecule has 31 heavy (non-hydrogen) atoms. The molecule has 2 bridgehead atoms. The summed E-state index contributed by atoms with van der Waals surface area (Å²) < 4.78 is 0. The minimum atomic E-state index is -0.244. The van der Waals surface area contributed by atoms with Gasteiger partial charge in [-0.05, 0) is 43.7 Å². The van der Waals surface area contributed by atoms with Crippen LogP contribution < -0.4 is 15.1 Å². The van der Waals surface area contributed by atoms with E-state index in [1.54, 1.807) is 23.6 Å². The largest absolute Gasteiger partial charge is 0.366 e. The second-order valence-corrected chi connectivity index (χ2v) is 7.87. The topological polar surface area (TPSA) is 103 Å². The molecule has 0 spiro atoms. The maximum atomic E-state index is 13.5. The number of carbonyl (C=O) groups is 1. The fourth-order valence-corrected chi connectivity index (χ4v) is 4.46. The number of imidazole rings is 1. The SMILES string of the molecule is Cc1cc(-c2ccc3c(n2)N(C(=O)Nc2nccc4[nH]cnc24)[C@H]2CCN3C2)ccn1. The van der Waals surface area contributed by atoms with Gasteiger partial charge in [0.05, 0.1) is 29.3 Å². The molecule has 1 atom stereocenters. The molecule has 9 nitrogen and oxygen atoms in total. The molecule has 2 amide bonds. The van der Waals surface area contributed by atoms with E-state index in [4.69, 9.17) is 4.98 Å². The molecule has 0 aliphatic carbocycles. The molecule has 6 heterocycles. The minimum Gasteiger partial charge on any atom is -0.366 e. The van der Waals surface area contributed by atoms with Crippen LogP contribution in [0.15, 0.2) is 49.1 Å². The maximum absolute atomic E-state index is 13.5. The highest BCUT2D eigenvalue weighted by Crippen LogP contribution is 2.40. The van der Waals surface area contributed by atoms with Crippen LogP contribution in [0.2, 0.25) is 0 Å². The van der Waals surface area contributed by atoms with Crippen LogP contribution in [0.4, 0.5) is 22.1 Å². The number of fused-ring (bicyclic) bond motifs is 5. The van der Waals surface area contributed by atoms with Crippen molar-refractivity contribution in [2.45, 2.75) is 19.4 Å². The van der Waals surface area contributed by atoms with E-state index in [2.05, 4.69) is 36.2 Å². The third kappa shape index (κ3) is 2.89. The van der Waals surface area contributed by atoms with Gasteiger partial charge in [-0.3, -0.25) is 15.2 Å². The second-order valence-electron chi connectivity index (χ2n) is 7.87. The van der Waals surface area contributed by atoms with Crippen LogP contribution in [0.5, 0.6) is 0 Å². The van der Waals surface area contributed by atoms with Gasteiger partial charge in [0.2, 0.25) is 0 Å². The molecule has 2 N–H and O–H groups in total. The zero-order valence-electron chi connectivity index (χ0n) is 16.9. The van der Waals surface area contributed by atoms with E-state index in [9.17, 15) is 4.79 Å². The molecule has 4 aromatic heterocycles. The lowest BCUT2D eigenvalue weighted by molar-refractivity contribution is 0.255. The number of carbonyl (C=O) groups excluding carboxylic acids is 1. The molecule has 2 aliphatic rings. The highest BCUT2D eigenvalue weighted by Gasteiger charge is 2.40. The molecular weight excluding hydrogens is 392 g/mol. The molecule has 0 saturated carbocycles. The summed E-state index contributed by atoms with van der Waals surface area (Å²) in [6.07, 6.45) is 5.92. The first-order chi connectivity index (χ1) is 15.2. The molecule has 154 valence electrons. The molecule has 1 saturated heterocycles.